The van der Waals surface area contributed by atoms with Crippen LogP contribution in [-0.2, 0) is 16.4 Å². The van der Waals surface area contributed by atoms with Crippen LogP contribution in [0.25, 0.3) is 0 Å². The summed E-state index contributed by atoms with van der Waals surface area (Å²) in [6.45, 7) is 5.96. The summed E-state index contributed by atoms with van der Waals surface area (Å²) >= 11 is 0. The normalized spacial score (nSPS) is 13.7. The number of nitrogens with one attached hydrogen (secondary N) is 1. The molecule has 108 valence electrons. The third kappa shape index (κ3) is 5.30. The van der Waals surface area contributed by atoms with Gasteiger partial charge in [0.25, 0.3) is 0 Å². The fraction of sp³-hybridized carbons (Fsp3) is 0.571. The molecule has 0 saturated heterocycles. The van der Waals surface area contributed by atoms with Crippen molar-refractivity contribution in [1.29, 1.82) is 0 Å². The fourth-order valence-corrected chi connectivity index (χ4v) is 3.14. The summed E-state index contributed by atoms with van der Waals surface area (Å²) in [5.74, 6) is 0.546. The molecule has 0 heterocycles. The zero-order chi connectivity index (χ0) is 14.5. The Morgan fingerprint density at radius 1 is 1.16 bits per heavy atom. The summed E-state index contributed by atoms with van der Waals surface area (Å²) < 4.78 is 26.7. The number of aliphatic hydroxyl groups is 1. The Balaban J connectivity index is 2.79. The molecule has 0 spiro atoms. The highest BCUT2D eigenvalue weighted by molar-refractivity contribution is 7.89. The van der Waals surface area contributed by atoms with Crippen LogP contribution in [0.3, 0.4) is 0 Å². The summed E-state index contributed by atoms with van der Waals surface area (Å²) in [5.41, 5.74) is 1.14. The average Bonchev–Trinajstić information content (AvgIpc) is 2.28. The predicted molar refractivity (Wildman–Crippen MR) is 76.5 cm³/mol. The van der Waals surface area contributed by atoms with Gasteiger partial charge >= 0.3 is 0 Å². The molecule has 4 nitrogen and oxygen atoms in total. The highest BCUT2D eigenvalue weighted by Gasteiger charge is 2.16. The first-order valence-corrected chi connectivity index (χ1v) is 8.05. The molecule has 2 N–H and O–H groups in total. The van der Waals surface area contributed by atoms with Crippen molar-refractivity contribution in [2.24, 2.45) is 5.92 Å². The molecular weight excluding hydrogens is 262 g/mol. The van der Waals surface area contributed by atoms with Crippen molar-refractivity contribution in [2.45, 2.75) is 44.6 Å². The maximum Gasteiger partial charge on any atom is 0.240 e. The zero-order valence-corrected chi connectivity index (χ0v) is 12.6. The second-order valence-electron chi connectivity index (χ2n) is 5.28. The Kier molecular flexibility index (Phi) is 5.97. The molecule has 5 heteroatoms. The average molecular weight is 285 g/mol. The zero-order valence-electron chi connectivity index (χ0n) is 11.8. The molecule has 1 unspecified atom stereocenters. The maximum atomic E-state index is 12.1. The van der Waals surface area contributed by atoms with E-state index in [-0.39, 0.29) is 17.5 Å². The summed E-state index contributed by atoms with van der Waals surface area (Å²) in [6.07, 6.45) is 1.35. The summed E-state index contributed by atoms with van der Waals surface area (Å²) in [6, 6.07) is 6.69. The molecule has 0 aliphatic carbocycles. The lowest BCUT2D eigenvalue weighted by molar-refractivity contribution is 0.275. The minimum absolute atomic E-state index is 0.0307. The molecule has 1 aromatic rings. The SMILES string of the molecule is CC(C)Cc1ccc(S(=O)(=O)NC(C)CCO)cc1. The Morgan fingerprint density at radius 3 is 2.21 bits per heavy atom. The molecule has 0 aromatic heterocycles. The number of hydrogen-bond donors (Lipinski definition) is 2. The number of benzene rings is 1. The molecular formula is C14H23NO3S. The van der Waals surface area contributed by atoms with Gasteiger partial charge in [0, 0.05) is 12.6 Å². The molecule has 1 aromatic carbocycles. The maximum absolute atomic E-state index is 12.1. The monoisotopic (exact) mass is 285 g/mol. The van der Waals surface area contributed by atoms with E-state index < -0.39 is 10.0 Å². The van der Waals surface area contributed by atoms with Crippen LogP contribution in [0, 0.1) is 5.92 Å². The van der Waals surface area contributed by atoms with Gasteiger partial charge in [0.2, 0.25) is 10.0 Å². The van der Waals surface area contributed by atoms with Gasteiger partial charge in [0.05, 0.1) is 4.90 Å². The number of rotatable bonds is 7. The smallest absolute Gasteiger partial charge is 0.240 e. The van der Waals surface area contributed by atoms with E-state index in [1.165, 1.54) is 0 Å². The van der Waals surface area contributed by atoms with Crippen molar-refractivity contribution in [2.75, 3.05) is 6.61 Å². The summed E-state index contributed by atoms with van der Waals surface area (Å²) in [5, 5.41) is 8.79. The van der Waals surface area contributed by atoms with Crippen molar-refractivity contribution in [3.63, 3.8) is 0 Å². The molecule has 19 heavy (non-hydrogen) atoms. The van der Waals surface area contributed by atoms with E-state index in [1.54, 1.807) is 19.1 Å². The summed E-state index contributed by atoms with van der Waals surface area (Å²) in [4.78, 5) is 0.268. The molecule has 1 rings (SSSR count). The van der Waals surface area contributed by atoms with Gasteiger partial charge in [-0.05, 0) is 43.4 Å². The van der Waals surface area contributed by atoms with Crippen LogP contribution in [0.2, 0.25) is 0 Å². The van der Waals surface area contributed by atoms with Gasteiger partial charge in [-0.25, -0.2) is 13.1 Å². The van der Waals surface area contributed by atoms with Gasteiger partial charge in [-0.2, -0.15) is 0 Å². The second kappa shape index (κ2) is 7.03. The van der Waals surface area contributed by atoms with E-state index in [1.807, 2.05) is 12.1 Å². The van der Waals surface area contributed by atoms with Gasteiger partial charge in [-0.1, -0.05) is 26.0 Å². The van der Waals surface area contributed by atoms with Gasteiger partial charge in [0.15, 0.2) is 0 Å². The van der Waals surface area contributed by atoms with Crippen molar-refractivity contribution in [3.05, 3.63) is 29.8 Å². The number of aliphatic hydroxyl groups excluding tert-OH is 1. The van der Waals surface area contributed by atoms with Crippen LogP contribution < -0.4 is 4.72 Å². The minimum atomic E-state index is -3.49. The summed E-state index contributed by atoms with van der Waals surface area (Å²) in [7, 11) is -3.49. The van der Waals surface area contributed by atoms with E-state index in [0.717, 1.165) is 12.0 Å². The first kappa shape index (κ1) is 16.1. The van der Waals surface area contributed by atoms with Crippen LogP contribution in [0.4, 0.5) is 0 Å². The van der Waals surface area contributed by atoms with E-state index in [0.29, 0.717) is 12.3 Å². The standard InChI is InChI=1S/C14H23NO3S/c1-11(2)10-13-4-6-14(7-5-13)19(17,18)15-12(3)8-9-16/h4-7,11-12,15-16H,8-10H2,1-3H3. The molecule has 1 atom stereocenters. The molecule has 0 aliphatic heterocycles. The lowest BCUT2D eigenvalue weighted by atomic mass is 10.0. The van der Waals surface area contributed by atoms with Crippen molar-refractivity contribution >= 4 is 10.0 Å². The lowest BCUT2D eigenvalue weighted by Crippen LogP contribution is -2.33. The molecule has 0 bridgehead atoms. The van der Waals surface area contributed by atoms with E-state index in [4.69, 9.17) is 5.11 Å². The van der Waals surface area contributed by atoms with Crippen molar-refractivity contribution in [1.82, 2.24) is 4.72 Å². The Morgan fingerprint density at radius 2 is 1.74 bits per heavy atom. The lowest BCUT2D eigenvalue weighted by Gasteiger charge is -2.13. The molecule has 0 saturated carbocycles. The number of hydrogen-bond acceptors (Lipinski definition) is 3. The highest BCUT2D eigenvalue weighted by atomic mass is 32.2. The first-order chi connectivity index (χ1) is 8.85. The van der Waals surface area contributed by atoms with E-state index in [2.05, 4.69) is 18.6 Å². The largest absolute Gasteiger partial charge is 0.396 e. The van der Waals surface area contributed by atoms with Gasteiger partial charge in [-0.15, -0.1) is 0 Å². The highest BCUT2D eigenvalue weighted by Crippen LogP contribution is 2.14. The second-order valence-corrected chi connectivity index (χ2v) is 6.99. The van der Waals surface area contributed by atoms with Crippen LogP contribution in [0.15, 0.2) is 29.2 Å². The molecule has 0 aliphatic rings. The quantitative estimate of drug-likeness (QED) is 0.804. The number of sulfonamides is 1. The predicted octanol–water partition coefficient (Wildman–Crippen LogP) is 1.93. The minimum Gasteiger partial charge on any atom is -0.396 e. The van der Waals surface area contributed by atoms with Crippen LogP contribution >= 0.6 is 0 Å². The van der Waals surface area contributed by atoms with E-state index in [9.17, 15) is 8.42 Å². The van der Waals surface area contributed by atoms with E-state index >= 15 is 0 Å². The molecule has 0 fully saturated rings. The first-order valence-electron chi connectivity index (χ1n) is 6.57. The Bertz CT molecular complexity index is 480. The molecule has 0 amide bonds. The van der Waals surface area contributed by atoms with Gasteiger partial charge in [0.1, 0.15) is 0 Å². The van der Waals surface area contributed by atoms with Gasteiger partial charge < -0.3 is 5.11 Å². The van der Waals surface area contributed by atoms with Crippen LogP contribution in [-0.4, -0.2) is 26.2 Å². The fourth-order valence-electron chi connectivity index (χ4n) is 1.86. The van der Waals surface area contributed by atoms with Crippen molar-refractivity contribution < 1.29 is 13.5 Å². The Hall–Kier alpha value is -0.910. The third-order valence-corrected chi connectivity index (χ3v) is 4.40. The van der Waals surface area contributed by atoms with Crippen molar-refractivity contribution in [3.8, 4) is 0 Å². The Labute approximate surface area is 115 Å². The van der Waals surface area contributed by atoms with Crippen LogP contribution in [0.1, 0.15) is 32.8 Å². The van der Waals surface area contributed by atoms with Crippen LogP contribution in [0.5, 0.6) is 0 Å². The van der Waals surface area contributed by atoms with Gasteiger partial charge in [-0.3, -0.25) is 0 Å². The molecule has 0 radical (unpaired) electrons. The third-order valence-electron chi connectivity index (χ3n) is 2.80. The topological polar surface area (TPSA) is 66.4 Å².